The molecule has 0 aliphatic rings. The molecule has 0 aliphatic carbocycles. The Labute approximate surface area is 92.9 Å². The van der Waals surface area contributed by atoms with Crippen LogP contribution in [0.3, 0.4) is 0 Å². The number of hydrogen-bond acceptors (Lipinski definition) is 2. The minimum atomic E-state index is -0.593. The van der Waals surface area contributed by atoms with Gasteiger partial charge in [0.25, 0.3) is 0 Å². The normalized spacial score (nSPS) is 10.1. The number of alkyl halides is 1. The zero-order chi connectivity index (χ0) is 11.4. The fourth-order valence-electron chi connectivity index (χ4n) is 1.38. The molecule has 2 aromatic carbocycles. The van der Waals surface area contributed by atoms with Crippen molar-refractivity contribution in [2.24, 2.45) is 0 Å². The van der Waals surface area contributed by atoms with Gasteiger partial charge in [0.2, 0.25) is 0 Å². The molecule has 0 aliphatic heterocycles. The number of benzene rings is 2. The number of phenolic OH excluding ortho intramolecular Hbond substituents is 1. The van der Waals surface area contributed by atoms with Crippen molar-refractivity contribution in [3.63, 3.8) is 0 Å². The SMILES string of the molecule is Oc1ccccc1Oc1ccccc1CF. The highest BCUT2D eigenvalue weighted by Crippen LogP contribution is 2.31. The highest BCUT2D eigenvalue weighted by molar-refractivity contribution is 5.43. The number of phenols is 1. The molecule has 82 valence electrons. The summed E-state index contributed by atoms with van der Waals surface area (Å²) >= 11 is 0. The Morgan fingerprint density at radius 3 is 2.25 bits per heavy atom. The molecule has 0 saturated heterocycles. The molecule has 2 rings (SSSR count). The lowest BCUT2D eigenvalue weighted by atomic mass is 10.2. The first-order valence-electron chi connectivity index (χ1n) is 4.91. The van der Waals surface area contributed by atoms with E-state index in [-0.39, 0.29) is 5.75 Å². The van der Waals surface area contributed by atoms with Crippen molar-refractivity contribution in [2.45, 2.75) is 6.67 Å². The molecule has 0 fully saturated rings. The summed E-state index contributed by atoms with van der Waals surface area (Å²) in [6.07, 6.45) is 0. The number of rotatable bonds is 3. The number of aromatic hydroxyl groups is 1. The fraction of sp³-hybridized carbons (Fsp3) is 0.0769. The van der Waals surface area contributed by atoms with Crippen molar-refractivity contribution in [3.8, 4) is 17.2 Å². The Hall–Kier alpha value is -2.03. The van der Waals surface area contributed by atoms with Gasteiger partial charge in [-0.05, 0) is 18.2 Å². The fourth-order valence-corrected chi connectivity index (χ4v) is 1.38. The quantitative estimate of drug-likeness (QED) is 0.851. The molecule has 0 bridgehead atoms. The van der Waals surface area contributed by atoms with E-state index in [0.717, 1.165) is 0 Å². The Balaban J connectivity index is 2.30. The number of para-hydroxylation sites is 3. The van der Waals surface area contributed by atoms with Crippen molar-refractivity contribution < 1.29 is 14.2 Å². The number of hydrogen-bond donors (Lipinski definition) is 1. The van der Waals surface area contributed by atoms with Gasteiger partial charge in [-0.25, -0.2) is 4.39 Å². The summed E-state index contributed by atoms with van der Waals surface area (Å²) in [5.41, 5.74) is 0.464. The Morgan fingerprint density at radius 1 is 0.938 bits per heavy atom. The van der Waals surface area contributed by atoms with Crippen LogP contribution >= 0.6 is 0 Å². The van der Waals surface area contributed by atoms with E-state index in [2.05, 4.69) is 0 Å². The lowest BCUT2D eigenvalue weighted by molar-refractivity contribution is 0.400. The van der Waals surface area contributed by atoms with Gasteiger partial charge in [0.05, 0.1) is 0 Å². The predicted octanol–water partition coefficient (Wildman–Crippen LogP) is 3.65. The van der Waals surface area contributed by atoms with Gasteiger partial charge in [0.15, 0.2) is 11.5 Å². The summed E-state index contributed by atoms with van der Waals surface area (Å²) in [5.74, 6) is 0.783. The van der Waals surface area contributed by atoms with Crippen LogP contribution in [0.15, 0.2) is 48.5 Å². The molecule has 0 unspecified atom stereocenters. The molecule has 0 radical (unpaired) electrons. The summed E-state index contributed by atoms with van der Waals surface area (Å²) in [7, 11) is 0. The molecule has 0 atom stereocenters. The van der Waals surface area contributed by atoms with Crippen molar-refractivity contribution in [1.82, 2.24) is 0 Å². The van der Waals surface area contributed by atoms with Crippen LogP contribution in [0.1, 0.15) is 5.56 Å². The third kappa shape index (κ3) is 2.14. The minimum Gasteiger partial charge on any atom is -0.504 e. The molecule has 0 saturated carbocycles. The highest BCUT2D eigenvalue weighted by Gasteiger charge is 2.06. The van der Waals surface area contributed by atoms with E-state index in [1.165, 1.54) is 6.07 Å². The molecule has 0 heterocycles. The molecule has 2 aromatic rings. The van der Waals surface area contributed by atoms with Crippen molar-refractivity contribution in [2.75, 3.05) is 0 Å². The van der Waals surface area contributed by atoms with Crippen LogP contribution in [0.25, 0.3) is 0 Å². The smallest absolute Gasteiger partial charge is 0.169 e. The number of halogens is 1. The van der Waals surface area contributed by atoms with E-state index in [9.17, 15) is 9.50 Å². The Morgan fingerprint density at radius 2 is 1.56 bits per heavy atom. The second-order valence-corrected chi connectivity index (χ2v) is 3.31. The average molecular weight is 218 g/mol. The Bertz CT molecular complexity index is 483. The maximum atomic E-state index is 12.6. The predicted molar refractivity (Wildman–Crippen MR) is 59.4 cm³/mol. The molecule has 0 aromatic heterocycles. The third-order valence-corrected chi connectivity index (χ3v) is 2.20. The summed E-state index contributed by atoms with van der Waals surface area (Å²) in [5, 5.41) is 9.52. The van der Waals surface area contributed by atoms with Gasteiger partial charge in [-0.15, -0.1) is 0 Å². The van der Waals surface area contributed by atoms with Gasteiger partial charge in [-0.1, -0.05) is 30.3 Å². The maximum Gasteiger partial charge on any atom is 0.169 e. The second-order valence-electron chi connectivity index (χ2n) is 3.31. The zero-order valence-corrected chi connectivity index (χ0v) is 8.56. The molecule has 0 amide bonds. The molecule has 3 heteroatoms. The van der Waals surface area contributed by atoms with Crippen LogP contribution in [0, 0.1) is 0 Å². The molecule has 2 nitrogen and oxygen atoms in total. The molecular formula is C13H11FO2. The molecule has 1 N–H and O–H groups in total. The van der Waals surface area contributed by atoms with Gasteiger partial charge in [-0.3, -0.25) is 0 Å². The summed E-state index contributed by atoms with van der Waals surface area (Å²) < 4.78 is 18.1. The van der Waals surface area contributed by atoms with E-state index < -0.39 is 6.67 Å². The first-order chi connectivity index (χ1) is 7.81. The summed E-state index contributed by atoms with van der Waals surface area (Å²) in [4.78, 5) is 0. The van der Waals surface area contributed by atoms with Crippen molar-refractivity contribution >= 4 is 0 Å². The van der Waals surface area contributed by atoms with Crippen molar-refractivity contribution in [3.05, 3.63) is 54.1 Å². The lowest BCUT2D eigenvalue weighted by Gasteiger charge is -2.09. The van der Waals surface area contributed by atoms with E-state index in [0.29, 0.717) is 17.1 Å². The molecule has 0 spiro atoms. The van der Waals surface area contributed by atoms with Crippen LogP contribution in [0.4, 0.5) is 4.39 Å². The number of ether oxygens (including phenoxy) is 1. The molecule has 16 heavy (non-hydrogen) atoms. The highest BCUT2D eigenvalue weighted by atomic mass is 19.1. The largest absolute Gasteiger partial charge is 0.504 e. The molecular weight excluding hydrogens is 207 g/mol. The van der Waals surface area contributed by atoms with Crippen LogP contribution in [0.5, 0.6) is 17.2 Å². The summed E-state index contributed by atoms with van der Waals surface area (Å²) in [6.45, 7) is -0.593. The average Bonchev–Trinajstić information content (AvgIpc) is 2.33. The second kappa shape index (κ2) is 4.66. The maximum absolute atomic E-state index is 12.6. The zero-order valence-electron chi connectivity index (χ0n) is 8.56. The van der Waals surface area contributed by atoms with E-state index in [1.807, 2.05) is 0 Å². The Kier molecular flexibility index (Phi) is 3.05. The first-order valence-corrected chi connectivity index (χ1v) is 4.91. The van der Waals surface area contributed by atoms with Crippen LogP contribution < -0.4 is 4.74 Å². The monoisotopic (exact) mass is 218 g/mol. The first kappa shape index (κ1) is 10.5. The third-order valence-electron chi connectivity index (χ3n) is 2.20. The van der Waals surface area contributed by atoms with Gasteiger partial charge >= 0.3 is 0 Å². The lowest BCUT2D eigenvalue weighted by Crippen LogP contribution is -1.89. The summed E-state index contributed by atoms with van der Waals surface area (Å²) in [6, 6.07) is 13.4. The van der Waals surface area contributed by atoms with E-state index >= 15 is 0 Å². The van der Waals surface area contributed by atoms with Gasteiger partial charge < -0.3 is 9.84 Å². The van der Waals surface area contributed by atoms with Crippen LogP contribution in [-0.4, -0.2) is 5.11 Å². The van der Waals surface area contributed by atoms with Crippen molar-refractivity contribution in [1.29, 1.82) is 0 Å². The van der Waals surface area contributed by atoms with Gasteiger partial charge in [0.1, 0.15) is 12.4 Å². The minimum absolute atomic E-state index is 0.0381. The van der Waals surface area contributed by atoms with Gasteiger partial charge in [-0.2, -0.15) is 0 Å². The standard InChI is InChI=1S/C13H11FO2/c14-9-10-5-1-3-7-12(10)16-13-8-4-2-6-11(13)15/h1-8,15H,9H2. The van der Waals surface area contributed by atoms with Crippen LogP contribution in [-0.2, 0) is 6.67 Å². The van der Waals surface area contributed by atoms with Gasteiger partial charge in [0, 0.05) is 5.56 Å². The van der Waals surface area contributed by atoms with E-state index in [1.54, 1.807) is 42.5 Å². The van der Waals surface area contributed by atoms with E-state index in [4.69, 9.17) is 4.74 Å². The van der Waals surface area contributed by atoms with Crippen LogP contribution in [0.2, 0.25) is 0 Å². The topological polar surface area (TPSA) is 29.5 Å².